The van der Waals surface area contributed by atoms with Crippen molar-refractivity contribution in [2.24, 2.45) is 5.92 Å². The van der Waals surface area contributed by atoms with E-state index in [2.05, 4.69) is 4.98 Å². The third kappa shape index (κ3) is 4.00. The van der Waals surface area contributed by atoms with Crippen LogP contribution >= 0.6 is 11.6 Å². The first-order chi connectivity index (χ1) is 18.1. The average Bonchev–Trinajstić information content (AvgIpc) is 3.43. The molecular weight excluding hydrogens is 490 g/mol. The lowest BCUT2D eigenvalue weighted by Crippen LogP contribution is -2.37. The van der Waals surface area contributed by atoms with Crippen LogP contribution in [0.5, 0.6) is 5.75 Å². The first-order valence-corrected chi connectivity index (χ1v) is 12.6. The topological polar surface area (TPSA) is 72.0 Å². The van der Waals surface area contributed by atoms with Crippen LogP contribution in [0.1, 0.15) is 24.9 Å². The van der Waals surface area contributed by atoms with E-state index < -0.39 is 24.0 Å². The molecule has 3 aromatic carbocycles. The largest absolute Gasteiger partial charge is 0.494 e. The van der Waals surface area contributed by atoms with Crippen LogP contribution in [-0.2, 0) is 14.4 Å². The second kappa shape index (κ2) is 9.50. The van der Waals surface area contributed by atoms with E-state index in [-0.39, 0.29) is 11.1 Å². The molecule has 7 nitrogen and oxygen atoms in total. The van der Waals surface area contributed by atoms with Gasteiger partial charge in [-0.25, -0.2) is 14.9 Å². The predicted molar refractivity (Wildman–Crippen MR) is 141 cm³/mol. The van der Waals surface area contributed by atoms with Crippen LogP contribution in [-0.4, -0.2) is 29.5 Å². The zero-order valence-electron chi connectivity index (χ0n) is 20.1. The van der Waals surface area contributed by atoms with Gasteiger partial charge < -0.3 is 4.74 Å². The number of carbonyl (C=O) groups excluding carboxylic acids is 2. The predicted octanol–water partition coefficient (Wildman–Crippen LogP) is 5.73. The molecule has 4 aromatic rings. The molecule has 2 fully saturated rings. The van der Waals surface area contributed by atoms with Gasteiger partial charge in [0.2, 0.25) is 5.91 Å². The van der Waals surface area contributed by atoms with Gasteiger partial charge in [-0.1, -0.05) is 54.9 Å². The fraction of sp³-hybridized carbons (Fsp3) is 0.207. The van der Waals surface area contributed by atoms with Gasteiger partial charge in [0.1, 0.15) is 16.8 Å². The first-order valence-electron chi connectivity index (χ1n) is 12.2. The van der Waals surface area contributed by atoms with Crippen molar-refractivity contribution < 1.29 is 19.2 Å². The second-order valence-electron chi connectivity index (χ2n) is 9.07. The van der Waals surface area contributed by atoms with E-state index in [1.165, 1.54) is 4.90 Å². The van der Waals surface area contributed by atoms with Gasteiger partial charge >= 0.3 is 0 Å². The third-order valence-electron chi connectivity index (χ3n) is 6.72. The number of benzene rings is 3. The van der Waals surface area contributed by atoms with Crippen molar-refractivity contribution >= 4 is 45.7 Å². The number of imide groups is 1. The van der Waals surface area contributed by atoms with Gasteiger partial charge in [-0.15, -0.1) is 0 Å². The van der Waals surface area contributed by atoms with Crippen LogP contribution in [0.25, 0.3) is 10.9 Å². The second-order valence-corrected chi connectivity index (χ2v) is 9.43. The molecule has 3 heterocycles. The fourth-order valence-electron chi connectivity index (χ4n) is 5.01. The normalized spacial score (nSPS) is 21.1. The summed E-state index contributed by atoms with van der Waals surface area (Å²) in [6.07, 6.45) is -0.104. The molecule has 0 saturated carbocycles. The minimum atomic E-state index is -0.990. The van der Waals surface area contributed by atoms with Gasteiger partial charge in [0.25, 0.3) is 5.91 Å². The number of fused-ring (bicyclic) bond motifs is 2. The van der Waals surface area contributed by atoms with Gasteiger partial charge in [0.05, 0.1) is 29.5 Å². The van der Waals surface area contributed by atoms with Crippen LogP contribution in [0.2, 0.25) is 5.15 Å². The number of aromatic nitrogens is 1. The molecule has 0 unspecified atom stereocenters. The molecule has 1 aromatic heterocycles. The van der Waals surface area contributed by atoms with Gasteiger partial charge in [-0.2, -0.15) is 0 Å². The number of hydrogen-bond acceptors (Lipinski definition) is 6. The Balaban J connectivity index is 1.42. The van der Waals surface area contributed by atoms with Crippen molar-refractivity contribution in [3.8, 4) is 5.75 Å². The minimum absolute atomic E-state index is 0.269. The number of rotatable bonds is 6. The maximum atomic E-state index is 13.9. The molecule has 0 radical (unpaired) electrons. The lowest BCUT2D eigenvalue weighted by Gasteiger charge is -2.29. The number of hydroxylamine groups is 1. The summed E-state index contributed by atoms with van der Waals surface area (Å²) in [6.45, 7) is 2.62. The molecule has 3 atom stereocenters. The Hall–Kier alpha value is -3.94. The lowest BCUT2D eigenvalue weighted by molar-refractivity contribution is -0.126. The summed E-state index contributed by atoms with van der Waals surface area (Å²) in [5, 5.41) is 2.78. The van der Waals surface area contributed by atoms with Crippen LogP contribution in [0, 0.1) is 5.92 Å². The standard InChI is InChI=1S/C29H24ClN3O4/c1-2-16-36-21-14-12-19(13-15-21)32-28(34)24-25(22-17-18-8-6-7-11-23(18)31-27(22)30)33(37-26(24)29(32)35)20-9-4-3-5-10-20/h3-15,17,24-26H,2,16H2,1H3/t24-,25+,26-/m0/s1. The molecule has 37 heavy (non-hydrogen) atoms. The monoisotopic (exact) mass is 513 g/mol. The Morgan fingerprint density at radius 3 is 2.41 bits per heavy atom. The van der Waals surface area contributed by atoms with E-state index in [1.54, 1.807) is 29.3 Å². The van der Waals surface area contributed by atoms with Crippen LogP contribution in [0.4, 0.5) is 11.4 Å². The van der Waals surface area contributed by atoms with E-state index in [0.29, 0.717) is 23.6 Å². The van der Waals surface area contributed by atoms with Gasteiger partial charge in [0.15, 0.2) is 6.10 Å². The zero-order chi connectivity index (χ0) is 25.5. The Labute approximate surface area is 219 Å². The number of carbonyl (C=O) groups is 2. The van der Waals surface area contributed by atoms with Crippen molar-refractivity contribution in [2.75, 3.05) is 16.6 Å². The first kappa shape index (κ1) is 23.5. The third-order valence-corrected chi connectivity index (χ3v) is 7.02. The molecule has 0 bridgehead atoms. The number of hydrogen-bond donors (Lipinski definition) is 0. The van der Waals surface area contributed by atoms with Crippen LogP contribution in [0.15, 0.2) is 84.9 Å². The van der Waals surface area contributed by atoms with Crippen molar-refractivity contribution in [1.29, 1.82) is 0 Å². The van der Waals surface area contributed by atoms with E-state index >= 15 is 0 Å². The molecule has 0 aliphatic carbocycles. The molecular formula is C29H24ClN3O4. The quantitative estimate of drug-likeness (QED) is 0.242. The molecule has 0 N–H and O–H groups in total. The van der Waals surface area contributed by atoms with Crippen LogP contribution < -0.4 is 14.7 Å². The highest BCUT2D eigenvalue weighted by atomic mass is 35.5. The molecule has 8 heteroatoms. The molecule has 2 amide bonds. The molecule has 2 aliphatic heterocycles. The summed E-state index contributed by atoms with van der Waals surface area (Å²) in [5.41, 5.74) is 2.57. The summed E-state index contributed by atoms with van der Waals surface area (Å²) in [4.78, 5) is 39.5. The molecule has 186 valence electrons. The zero-order valence-corrected chi connectivity index (χ0v) is 20.8. The Morgan fingerprint density at radius 2 is 1.65 bits per heavy atom. The van der Waals surface area contributed by atoms with Gasteiger partial charge in [0, 0.05) is 10.9 Å². The fourth-order valence-corrected chi connectivity index (χ4v) is 5.27. The highest BCUT2D eigenvalue weighted by molar-refractivity contribution is 6.31. The lowest BCUT2D eigenvalue weighted by atomic mass is 9.90. The SMILES string of the molecule is CCCOc1ccc(N2C(=O)[C@@H]3[C@H](ON(c4ccccc4)[C@@H]3c3cc4ccccc4nc3Cl)C2=O)cc1. The van der Waals surface area contributed by atoms with E-state index in [1.807, 2.05) is 67.6 Å². The number of anilines is 2. The van der Waals surface area contributed by atoms with Crippen molar-refractivity contribution in [3.63, 3.8) is 0 Å². The van der Waals surface area contributed by atoms with E-state index in [0.717, 1.165) is 23.0 Å². The number of amides is 2. The number of para-hydroxylation sites is 2. The maximum Gasteiger partial charge on any atom is 0.266 e. The van der Waals surface area contributed by atoms with Crippen molar-refractivity contribution in [2.45, 2.75) is 25.5 Å². The molecule has 6 rings (SSSR count). The summed E-state index contributed by atoms with van der Waals surface area (Å²) < 4.78 is 5.65. The summed E-state index contributed by atoms with van der Waals surface area (Å²) in [7, 11) is 0. The molecule has 2 aliphatic rings. The Bertz CT molecular complexity index is 1480. The summed E-state index contributed by atoms with van der Waals surface area (Å²) in [6, 6.07) is 25.3. The van der Waals surface area contributed by atoms with E-state index in [9.17, 15) is 9.59 Å². The molecule has 2 saturated heterocycles. The molecule has 0 spiro atoms. The van der Waals surface area contributed by atoms with Crippen LogP contribution in [0.3, 0.4) is 0 Å². The van der Waals surface area contributed by atoms with Gasteiger partial charge in [-0.05, 0) is 55.0 Å². The summed E-state index contributed by atoms with van der Waals surface area (Å²) >= 11 is 6.71. The minimum Gasteiger partial charge on any atom is -0.494 e. The smallest absolute Gasteiger partial charge is 0.266 e. The van der Waals surface area contributed by atoms with Gasteiger partial charge in [-0.3, -0.25) is 14.4 Å². The van der Waals surface area contributed by atoms with Crippen molar-refractivity contribution in [3.05, 3.63) is 95.6 Å². The Kier molecular flexibility index (Phi) is 6.02. The number of ether oxygens (including phenoxy) is 1. The number of halogens is 1. The maximum absolute atomic E-state index is 13.9. The highest BCUT2D eigenvalue weighted by Crippen LogP contribution is 2.49. The number of nitrogens with zero attached hydrogens (tertiary/aromatic N) is 3. The summed E-state index contributed by atoms with van der Waals surface area (Å²) in [5.74, 6) is -0.872. The average molecular weight is 514 g/mol. The Morgan fingerprint density at radius 1 is 0.919 bits per heavy atom. The van der Waals surface area contributed by atoms with Crippen molar-refractivity contribution in [1.82, 2.24) is 4.98 Å². The van der Waals surface area contributed by atoms with E-state index in [4.69, 9.17) is 21.2 Å². The highest BCUT2D eigenvalue weighted by Gasteiger charge is 2.60. The number of pyridine rings is 1.